The summed E-state index contributed by atoms with van der Waals surface area (Å²) in [6.07, 6.45) is 2.93. The van der Waals surface area contributed by atoms with Crippen LogP contribution in [0.5, 0.6) is 0 Å². The fraction of sp³-hybridized carbons (Fsp3) is 0.154. The number of anilines is 1. The van der Waals surface area contributed by atoms with E-state index in [2.05, 4.69) is 10.2 Å². The molecule has 6 nitrogen and oxygen atoms in total. The monoisotopic (exact) mass is 259 g/mol. The molecule has 0 aliphatic rings. The molecule has 0 atom stereocenters. The van der Waals surface area contributed by atoms with Gasteiger partial charge in [-0.25, -0.2) is 4.79 Å². The van der Waals surface area contributed by atoms with E-state index in [1.54, 1.807) is 31.3 Å². The maximum atomic E-state index is 12.2. The highest BCUT2D eigenvalue weighted by molar-refractivity contribution is 6.09. The van der Waals surface area contributed by atoms with Gasteiger partial charge >= 0.3 is 5.97 Å². The van der Waals surface area contributed by atoms with Gasteiger partial charge in [-0.1, -0.05) is 12.1 Å². The molecule has 1 aromatic heterocycles. The van der Waals surface area contributed by atoms with Crippen molar-refractivity contribution in [2.75, 3.05) is 19.1 Å². The van der Waals surface area contributed by atoms with Gasteiger partial charge in [-0.05, 0) is 12.1 Å². The zero-order chi connectivity index (χ0) is 13.8. The van der Waals surface area contributed by atoms with Crippen LogP contribution in [0.1, 0.15) is 20.7 Å². The van der Waals surface area contributed by atoms with E-state index in [9.17, 15) is 9.59 Å². The molecule has 0 saturated heterocycles. The molecule has 0 fully saturated rings. The lowest BCUT2D eigenvalue weighted by molar-refractivity contribution is 0.0601. The number of aromatic nitrogens is 2. The Kier molecular flexibility index (Phi) is 3.61. The summed E-state index contributed by atoms with van der Waals surface area (Å²) in [5, 5.41) is 6.31. The smallest absolute Gasteiger partial charge is 0.339 e. The van der Waals surface area contributed by atoms with Gasteiger partial charge < -0.3 is 9.64 Å². The molecule has 1 N–H and O–H groups in total. The Balaban J connectivity index is 2.36. The second-order valence-electron chi connectivity index (χ2n) is 3.86. The summed E-state index contributed by atoms with van der Waals surface area (Å²) >= 11 is 0. The number of ether oxygens (including phenoxy) is 1. The molecule has 19 heavy (non-hydrogen) atoms. The molecule has 2 aromatic rings. The summed E-state index contributed by atoms with van der Waals surface area (Å²) in [6.45, 7) is 0. The lowest BCUT2D eigenvalue weighted by atomic mass is 10.1. The van der Waals surface area contributed by atoms with E-state index in [4.69, 9.17) is 4.74 Å². The number of aromatic amines is 1. The zero-order valence-corrected chi connectivity index (χ0v) is 10.6. The van der Waals surface area contributed by atoms with Crippen molar-refractivity contribution in [1.29, 1.82) is 0 Å². The fourth-order valence-electron chi connectivity index (χ4n) is 1.72. The fourth-order valence-corrected chi connectivity index (χ4v) is 1.72. The van der Waals surface area contributed by atoms with Crippen molar-refractivity contribution in [3.05, 3.63) is 47.8 Å². The predicted octanol–water partition coefficient (Wildman–Crippen LogP) is 1.47. The second kappa shape index (κ2) is 5.34. The van der Waals surface area contributed by atoms with Crippen LogP contribution in [0, 0.1) is 0 Å². The highest BCUT2D eigenvalue weighted by Gasteiger charge is 2.20. The zero-order valence-electron chi connectivity index (χ0n) is 10.6. The van der Waals surface area contributed by atoms with Crippen LogP contribution in [-0.4, -0.2) is 36.2 Å². The third kappa shape index (κ3) is 2.47. The van der Waals surface area contributed by atoms with E-state index in [1.807, 2.05) is 0 Å². The van der Waals surface area contributed by atoms with Crippen LogP contribution >= 0.6 is 0 Å². The number of rotatable bonds is 3. The summed E-state index contributed by atoms with van der Waals surface area (Å²) in [7, 11) is 2.90. The Morgan fingerprint density at radius 2 is 2.05 bits per heavy atom. The van der Waals surface area contributed by atoms with E-state index in [0.717, 1.165) is 0 Å². The minimum Gasteiger partial charge on any atom is -0.465 e. The number of carbonyl (C=O) groups is 2. The number of carbonyl (C=O) groups excluding carboxylic acids is 2. The van der Waals surface area contributed by atoms with E-state index in [0.29, 0.717) is 16.8 Å². The molecular formula is C13H13N3O3. The van der Waals surface area contributed by atoms with Crippen LogP contribution < -0.4 is 4.90 Å². The lowest BCUT2D eigenvalue weighted by Gasteiger charge is -2.19. The maximum absolute atomic E-state index is 12.2. The number of nitrogens with zero attached hydrogens (tertiary/aromatic N) is 2. The third-order valence-electron chi connectivity index (χ3n) is 2.72. The van der Waals surface area contributed by atoms with Crippen LogP contribution in [0.3, 0.4) is 0 Å². The molecule has 0 bridgehead atoms. The van der Waals surface area contributed by atoms with Gasteiger partial charge in [-0.2, -0.15) is 5.10 Å². The minimum absolute atomic E-state index is 0.259. The van der Waals surface area contributed by atoms with Crippen molar-refractivity contribution in [3.63, 3.8) is 0 Å². The Labute approximate surface area is 110 Å². The Morgan fingerprint density at radius 3 is 2.68 bits per heavy atom. The van der Waals surface area contributed by atoms with E-state index in [1.165, 1.54) is 24.4 Å². The van der Waals surface area contributed by atoms with Crippen molar-refractivity contribution in [2.45, 2.75) is 0 Å². The first-order chi connectivity index (χ1) is 9.15. The third-order valence-corrected chi connectivity index (χ3v) is 2.72. The first kappa shape index (κ1) is 12.8. The largest absolute Gasteiger partial charge is 0.465 e. The van der Waals surface area contributed by atoms with Gasteiger partial charge in [0.15, 0.2) is 0 Å². The van der Waals surface area contributed by atoms with Crippen LogP contribution in [0.4, 0.5) is 5.69 Å². The van der Waals surface area contributed by atoms with Crippen LogP contribution in [0.15, 0.2) is 36.7 Å². The van der Waals surface area contributed by atoms with Crippen molar-refractivity contribution in [1.82, 2.24) is 10.2 Å². The molecule has 0 unspecified atom stereocenters. The Hall–Kier alpha value is -2.63. The Morgan fingerprint density at radius 1 is 1.32 bits per heavy atom. The molecule has 1 amide bonds. The number of nitrogens with one attached hydrogen (secondary N) is 1. The van der Waals surface area contributed by atoms with Crippen molar-refractivity contribution in [2.24, 2.45) is 0 Å². The van der Waals surface area contributed by atoms with Crippen molar-refractivity contribution >= 4 is 17.6 Å². The van der Waals surface area contributed by atoms with E-state index >= 15 is 0 Å². The normalized spacial score (nSPS) is 10.0. The van der Waals surface area contributed by atoms with Gasteiger partial charge in [0.2, 0.25) is 0 Å². The molecule has 1 aromatic carbocycles. The van der Waals surface area contributed by atoms with Crippen LogP contribution in [-0.2, 0) is 4.74 Å². The number of esters is 1. The van der Waals surface area contributed by atoms with Crippen LogP contribution in [0.2, 0.25) is 0 Å². The lowest BCUT2D eigenvalue weighted by Crippen LogP contribution is -2.27. The molecular weight excluding hydrogens is 246 g/mol. The first-order valence-electron chi connectivity index (χ1n) is 5.59. The van der Waals surface area contributed by atoms with E-state index in [-0.39, 0.29) is 5.91 Å². The van der Waals surface area contributed by atoms with Gasteiger partial charge in [-0.3, -0.25) is 9.89 Å². The molecule has 0 saturated carbocycles. The SMILES string of the molecule is COC(=O)c1ccccc1N(C)C(=O)c1cn[nH]c1. The van der Waals surface area contributed by atoms with Gasteiger partial charge in [0, 0.05) is 13.2 Å². The molecule has 2 rings (SSSR count). The molecule has 0 radical (unpaired) electrons. The number of benzene rings is 1. The number of para-hydroxylation sites is 1. The standard InChI is InChI=1S/C13H13N3O3/c1-16(12(17)9-7-14-15-8-9)11-6-4-3-5-10(11)13(18)19-2/h3-8H,1-2H3,(H,14,15). The summed E-state index contributed by atoms with van der Waals surface area (Å²) in [4.78, 5) is 25.2. The highest BCUT2D eigenvalue weighted by Crippen LogP contribution is 2.21. The summed E-state index contributed by atoms with van der Waals surface area (Å²) in [5.41, 5.74) is 1.24. The van der Waals surface area contributed by atoms with Crippen molar-refractivity contribution in [3.8, 4) is 0 Å². The molecule has 6 heteroatoms. The van der Waals surface area contributed by atoms with Crippen LogP contribution in [0.25, 0.3) is 0 Å². The quantitative estimate of drug-likeness (QED) is 0.847. The number of H-pyrrole nitrogens is 1. The molecule has 0 spiro atoms. The van der Waals surface area contributed by atoms with Crippen molar-refractivity contribution < 1.29 is 14.3 Å². The number of methoxy groups -OCH3 is 1. The average molecular weight is 259 g/mol. The number of hydrogen-bond acceptors (Lipinski definition) is 4. The minimum atomic E-state index is -0.484. The van der Waals surface area contributed by atoms with Gasteiger partial charge in [0.1, 0.15) is 0 Å². The number of amides is 1. The number of hydrogen-bond donors (Lipinski definition) is 1. The highest BCUT2D eigenvalue weighted by atomic mass is 16.5. The predicted molar refractivity (Wildman–Crippen MR) is 69.1 cm³/mol. The summed E-state index contributed by atoms with van der Waals surface area (Å²) in [5.74, 6) is -0.743. The summed E-state index contributed by atoms with van der Waals surface area (Å²) < 4.78 is 4.70. The topological polar surface area (TPSA) is 75.3 Å². The molecule has 0 aliphatic carbocycles. The maximum Gasteiger partial charge on any atom is 0.339 e. The second-order valence-corrected chi connectivity index (χ2v) is 3.86. The average Bonchev–Trinajstić information content (AvgIpc) is 2.99. The Bertz CT molecular complexity index is 593. The van der Waals surface area contributed by atoms with Gasteiger partial charge in [-0.15, -0.1) is 0 Å². The molecule has 98 valence electrons. The van der Waals surface area contributed by atoms with Gasteiger partial charge in [0.25, 0.3) is 5.91 Å². The van der Waals surface area contributed by atoms with Gasteiger partial charge in [0.05, 0.1) is 30.1 Å². The summed E-state index contributed by atoms with van der Waals surface area (Å²) in [6, 6.07) is 6.76. The first-order valence-corrected chi connectivity index (χ1v) is 5.59. The van der Waals surface area contributed by atoms with E-state index < -0.39 is 5.97 Å². The molecule has 1 heterocycles. The molecule has 0 aliphatic heterocycles.